The molecule has 0 unspecified atom stereocenters. The lowest BCUT2D eigenvalue weighted by molar-refractivity contribution is 0.590. The second-order valence-electron chi connectivity index (χ2n) is 5.88. The Balaban J connectivity index is 1.98. The fraction of sp³-hybridized carbons (Fsp3) is 0.375. The van der Waals surface area contributed by atoms with Crippen molar-refractivity contribution >= 4 is 5.69 Å². The van der Waals surface area contributed by atoms with Crippen molar-refractivity contribution in [2.75, 3.05) is 5.73 Å². The maximum absolute atomic E-state index is 5.57. The van der Waals surface area contributed by atoms with Crippen LogP contribution >= 0.6 is 0 Å². The van der Waals surface area contributed by atoms with Crippen molar-refractivity contribution in [3.8, 4) is 0 Å². The van der Waals surface area contributed by atoms with Gasteiger partial charge in [-0.3, -0.25) is 0 Å². The van der Waals surface area contributed by atoms with E-state index in [1.807, 2.05) is 0 Å². The molecule has 0 atom stereocenters. The summed E-state index contributed by atoms with van der Waals surface area (Å²) in [5.41, 5.74) is 9.06. The highest BCUT2D eigenvalue weighted by molar-refractivity contribution is 5.30. The van der Waals surface area contributed by atoms with E-state index in [1.54, 1.807) is 12.4 Å². The predicted molar refractivity (Wildman–Crippen MR) is 79.0 cm³/mol. The average molecular weight is 255 g/mol. The maximum atomic E-state index is 5.57. The first-order valence-electron chi connectivity index (χ1n) is 6.61. The van der Waals surface area contributed by atoms with Crippen molar-refractivity contribution in [3.05, 3.63) is 53.6 Å². The van der Waals surface area contributed by atoms with Crippen LogP contribution in [0.4, 0.5) is 5.69 Å². The zero-order chi connectivity index (χ0) is 13.9. The van der Waals surface area contributed by atoms with Crippen LogP contribution in [0.5, 0.6) is 0 Å². The van der Waals surface area contributed by atoms with Gasteiger partial charge in [0.25, 0.3) is 0 Å². The van der Waals surface area contributed by atoms with Gasteiger partial charge in [-0.25, -0.2) is 9.97 Å². The number of nitrogens with zero attached hydrogens (tertiary/aromatic N) is 2. The Bertz CT molecular complexity index is 521. The van der Waals surface area contributed by atoms with Gasteiger partial charge in [-0.05, 0) is 23.0 Å². The molecule has 2 N–H and O–H groups in total. The topological polar surface area (TPSA) is 51.8 Å². The molecule has 0 amide bonds. The molecule has 19 heavy (non-hydrogen) atoms. The highest BCUT2D eigenvalue weighted by Crippen LogP contribution is 2.22. The maximum Gasteiger partial charge on any atom is 0.128 e. The van der Waals surface area contributed by atoms with Gasteiger partial charge in [-0.1, -0.05) is 45.0 Å². The SMILES string of the molecule is CC(C)(C)c1ccc(CCc2ncc(N)cn2)cc1. The molecule has 100 valence electrons. The molecule has 2 rings (SSSR count). The molecule has 0 saturated carbocycles. The molecule has 0 bridgehead atoms. The van der Waals surface area contributed by atoms with Crippen molar-refractivity contribution in [1.29, 1.82) is 0 Å². The van der Waals surface area contributed by atoms with Crippen molar-refractivity contribution < 1.29 is 0 Å². The van der Waals surface area contributed by atoms with E-state index in [1.165, 1.54) is 11.1 Å². The zero-order valence-corrected chi connectivity index (χ0v) is 11.9. The van der Waals surface area contributed by atoms with Crippen LogP contribution in [0.25, 0.3) is 0 Å². The van der Waals surface area contributed by atoms with Crippen molar-refractivity contribution in [3.63, 3.8) is 0 Å². The van der Waals surface area contributed by atoms with Crippen LogP contribution in [0, 0.1) is 0 Å². The summed E-state index contributed by atoms with van der Waals surface area (Å²) in [6.45, 7) is 6.68. The van der Waals surface area contributed by atoms with Crippen LogP contribution in [0.3, 0.4) is 0 Å². The van der Waals surface area contributed by atoms with Crippen LogP contribution in [-0.4, -0.2) is 9.97 Å². The third-order valence-corrected chi connectivity index (χ3v) is 3.18. The van der Waals surface area contributed by atoms with E-state index < -0.39 is 0 Å². The van der Waals surface area contributed by atoms with Crippen LogP contribution < -0.4 is 5.73 Å². The summed E-state index contributed by atoms with van der Waals surface area (Å²) in [5, 5.41) is 0. The van der Waals surface area contributed by atoms with E-state index in [0.717, 1.165) is 18.7 Å². The number of rotatable bonds is 3. The Hall–Kier alpha value is -1.90. The van der Waals surface area contributed by atoms with Crippen LogP contribution in [-0.2, 0) is 18.3 Å². The quantitative estimate of drug-likeness (QED) is 0.916. The number of aromatic nitrogens is 2. The molecule has 1 heterocycles. The number of aryl methyl sites for hydroxylation is 2. The van der Waals surface area contributed by atoms with Crippen LogP contribution in [0.1, 0.15) is 37.7 Å². The van der Waals surface area contributed by atoms with E-state index in [4.69, 9.17) is 5.73 Å². The summed E-state index contributed by atoms with van der Waals surface area (Å²) in [6, 6.07) is 8.80. The minimum atomic E-state index is 0.207. The summed E-state index contributed by atoms with van der Waals surface area (Å²) in [4.78, 5) is 8.43. The van der Waals surface area contributed by atoms with Gasteiger partial charge in [-0.15, -0.1) is 0 Å². The summed E-state index contributed by atoms with van der Waals surface area (Å²) >= 11 is 0. The molecule has 3 heteroatoms. The summed E-state index contributed by atoms with van der Waals surface area (Å²) in [6.07, 6.45) is 5.11. The van der Waals surface area contributed by atoms with Gasteiger partial charge >= 0.3 is 0 Å². The first-order chi connectivity index (χ1) is 8.95. The largest absolute Gasteiger partial charge is 0.396 e. The van der Waals surface area contributed by atoms with Crippen LogP contribution in [0.15, 0.2) is 36.7 Å². The number of benzene rings is 1. The number of hydrogen-bond acceptors (Lipinski definition) is 3. The van der Waals surface area contributed by atoms with E-state index >= 15 is 0 Å². The molecule has 0 aliphatic heterocycles. The smallest absolute Gasteiger partial charge is 0.128 e. The Labute approximate surface area is 114 Å². The standard InChI is InChI=1S/C16H21N3/c1-16(2,3)13-7-4-12(5-8-13)6-9-15-18-10-14(17)11-19-15/h4-5,7-8,10-11H,6,9,17H2,1-3H3. The van der Waals surface area contributed by atoms with Crippen molar-refractivity contribution in [2.24, 2.45) is 0 Å². The van der Waals surface area contributed by atoms with Crippen LogP contribution in [0.2, 0.25) is 0 Å². The molecule has 2 aromatic rings. The fourth-order valence-electron chi connectivity index (χ4n) is 1.92. The monoisotopic (exact) mass is 255 g/mol. The van der Waals surface area contributed by atoms with Crippen molar-refractivity contribution in [1.82, 2.24) is 9.97 Å². The Morgan fingerprint density at radius 1 is 0.947 bits per heavy atom. The second kappa shape index (κ2) is 5.39. The molecule has 0 spiro atoms. The molecule has 0 aliphatic carbocycles. The lowest BCUT2D eigenvalue weighted by atomic mass is 9.86. The van der Waals surface area contributed by atoms with Gasteiger partial charge in [0.15, 0.2) is 0 Å². The lowest BCUT2D eigenvalue weighted by Crippen LogP contribution is -2.10. The average Bonchev–Trinajstić information content (AvgIpc) is 2.37. The summed E-state index contributed by atoms with van der Waals surface area (Å²) in [5.74, 6) is 0.842. The van der Waals surface area contributed by atoms with Gasteiger partial charge in [0.2, 0.25) is 0 Å². The zero-order valence-electron chi connectivity index (χ0n) is 11.9. The molecule has 1 aromatic carbocycles. The number of nitrogens with two attached hydrogens (primary N) is 1. The Morgan fingerprint density at radius 3 is 2.05 bits per heavy atom. The number of anilines is 1. The predicted octanol–water partition coefficient (Wildman–Crippen LogP) is 3.14. The van der Waals surface area contributed by atoms with E-state index in [-0.39, 0.29) is 5.41 Å². The first kappa shape index (κ1) is 13.5. The third-order valence-electron chi connectivity index (χ3n) is 3.18. The molecule has 0 aliphatic rings. The van der Waals surface area contributed by atoms with Gasteiger partial charge in [0, 0.05) is 6.42 Å². The fourth-order valence-corrected chi connectivity index (χ4v) is 1.92. The highest BCUT2D eigenvalue weighted by Gasteiger charge is 2.12. The van der Waals surface area contributed by atoms with Crippen molar-refractivity contribution in [2.45, 2.75) is 39.0 Å². The number of nitrogen functional groups attached to an aromatic ring is 1. The van der Waals surface area contributed by atoms with E-state index in [9.17, 15) is 0 Å². The lowest BCUT2D eigenvalue weighted by Gasteiger charge is -2.19. The van der Waals surface area contributed by atoms with Gasteiger partial charge < -0.3 is 5.73 Å². The summed E-state index contributed by atoms with van der Waals surface area (Å²) in [7, 11) is 0. The van der Waals surface area contributed by atoms with E-state index in [2.05, 4.69) is 55.0 Å². The minimum absolute atomic E-state index is 0.207. The normalized spacial score (nSPS) is 11.5. The Kier molecular flexibility index (Phi) is 3.84. The van der Waals surface area contributed by atoms with Gasteiger partial charge in [0.05, 0.1) is 18.1 Å². The molecular formula is C16H21N3. The number of hydrogen-bond donors (Lipinski definition) is 1. The van der Waals surface area contributed by atoms with Gasteiger partial charge in [0.1, 0.15) is 5.82 Å². The van der Waals surface area contributed by atoms with E-state index in [0.29, 0.717) is 5.69 Å². The molecule has 0 radical (unpaired) electrons. The molecule has 0 fully saturated rings. The Morgan fingerprint density at radius 2 is 1.53 bits per heavy atom. The third kappa shape index (κ3) is 3.78. The molecular weight excluding hydrogens is 234 g/mol. The van der Waals surface area contributed by atoms with Gasteiger partial charge in [-0.2, -0.15) is 0 Å². The molecule has 3 nitrogen and oxygen atoms in total. The molecule has 1 aromatic heterocycles. The molecule has 0 saturated heterocycles. The minimum Gasteiger partial charge on any atom is -0.396 e. The first-order valence-corrected chi connectivity index (χ1v) is 6.61. The second-order valence-corrected chi connectivity index (χ2v) is 5.88. The summed E-state index contributed by atoms with van der Waals surface area (Å²) < 4.78 is 0. The highest BCUT2D eigenvalue weighted by atomic mass is 14.9.